The van der Waals surface area contributed by atoms with Crippen LogP contribution < -0.4 is 16.4 Å². The molecule has 0 saturated carbocycles. The predicted octanol–water partition coefficient (Wildman–Crippen LogP) is 2.45. The first kappa shape index (κ1) is 14.4. The van der Waals surface area contributed by atoms with Gasteiger partial charge in [0.05, 0.1) is 11.0 Å². The van der Waals surface area contributed by atoms with Crippen LogP contribution in [0.3, 0.4) is 0 Å². The Morgan fingerprint density at radius 2 is 1.65 bits per heavy atom. The second-order valence-electron chi connectivity index (χ2n) is 5.69. The molecule has 1 unspecified atom stereocenters. The van der Waals surface area contributed by atoms with Crippen LogP contribution in [-0.2, 0) is 0 Å². The van der Waals surface area contributed by atoms with Gasteiger partial charge in [0.1, 0.15) is 0 Å². The highest BCUT2D eigenvalue weighted by Crippen LogP contribution is 2.16. The zero-order valence-corrected chi connectivity index (χ0v) is 12.1. The van der Waals surface area contributed by atoms with E-state index in [-0.39, 0.29) is 0 Å². The van der Waals surface area contributed by atoms with Gasteiger partial charge in [0.25, 0.3) is 0 Å². The SMILES string of the molecule is CC(C)CCC(C)Nc1ccc2[nH]c(=O)c(=O)[nH]c2c1. The van der Waals surface area contributed by atoms with Gasteiger partial charge in [-0.25, -0.2) is 0 Å². The van der Waals surface area contributed by atoms with Crippen molar-refractivity contribution in [1.29, 1.82) is 0 Å². The number of anilines is 1. The van der Waals surface area contributed by atoms with Crippen molar-refractivity contribution in [3.63, 3.8) is 0 Å². The molecule has 0 spiro atoms. The van der Waals surface area contributed by atoms with Crippen molar-refractivity contribution in [2.75, 3.05) is 5.32 Å². The largest absolute Gasteiger partial charge is 0.383 e. The van der Waals surface area contributed by atoms with E-state index in [4.69, 9.17) is 0 Å². The predicted molar refractivity (Wildman–Crippen MR) is 82.3 cm³/mol. The zero-order valence-electron chi connectivity index (χ0n) is 12.1. The van der Waals surface area contributed by atoms with E-state index in [0.29, 0.717) is 23.0 Å². The Morgan fingerprint density at radius 1 is 1.00 bits per heavy atom. The summed E-state index contributed by atoms with van der Waals surface area (Å²) in [5.74, 6) is 0.692. The normalized spacial score (nSPS) is 12.8. The lowest BCUT2D eigenvalue weighted by Crippen LogP contribution is -2.28. The minimum atomic E-state index is -0.623. The molecule has 0 aliphatic carbocycles. The van der Waals surface area contributed by atoms with Gasteiger partial charge >= 0.3 is 11.1 Å². The van der Waals surface area contributed by atoms with Gasteiger partial charge < -0.3 is 15.3 Å². The van der Waals surface area contributed by atoms with Gasteiger partial charge in [-0.2, -0.15) is 0 Å². The van der Waals surface area contributed by atoms with Gasteiger partial charge in [-0.15, -0.1) is 0 Å². The van der Waals surface area contributed by atoms with Crippen LogP contribution in [0.4, 0.5) is 5.69 Å². The first-order valence-corrected chi connectivity index (χ1v) is 6.98. The maximum absolute atomic E-state index is 11.3. The van der Waals surface area contributed by atoms with E-state index in [2.05, 4.69) is 36.1 Å². The fourth-order valence-corrected chi connectivity index (χ4v) is 2.14. The van der Waals surface area contributed by atoms with Crippen LogP contribution in [0.25, 0.3) is 11.0 Å². The van der Waals surface area contributed by atoms with Gasteiger partial charge in [-0.1, -0.05) is 13.8 Å². The summed E-state index contributed by atoms with van der Waals surface area (Å²) in [4.78, 5) is 27.7. The number of aromatic amines is 2. The Kier molecular flexibility index (Phi) is 4.27. The number of rotatable bonds is 5. The maximum Gasteiger partial charge on any atom is 0.314 e. The number of aromatic nitrogens is 2. The summed E-state index contributed by atoms with van der Waals surface area (Å²) >= 11 is 0. The summed E-state index contributed by atoms with van der Waals surface area (Å²) in [6, 6.07) is 5.91. The van der Waals surface area contributed by atoms with Crippen LogP contribution in [0, 0.1) is 5.92 Å². The number of H-pyrrole nitrogens is 2. The van der Waals surface area contributed by atoms with Crippen molar-refractivity contribution < 1.29 is 0 Å². The number of hydrogen-bond acceptors (Lipinski definition) is 3. The van der Waals surface area contributed by atoms with Crippen LogP contribution >= 0.6 is 0 Å². The second kappa shape index (κ2) is 5.94. The molecule has 0 aliphatic heterocycles. The van der Waals surface area contributed by atoms with Crippen molar-refractivity contribution in [2.24, 2.45) is 5.92 Å². The van der Waals surface area contributed by atoms with Gasteiger partial charge in [-0.05, 0) is 43.9 Å². The van der Waals surface area contributed by atoms with Crippen molar-refractivity contribution >= 4 is 16.7 Å². The summed E-state index contributed by atoms with van der Waals surface area (Å²) in [5.41, 5.74) is 0.966. The molecule has 20 heavy (non-hydrogen) atoms. The Bertz CT molecular complexity index is 700. The molecule has 108 valence electrons. The minimum absolute atomic E-state index is 0.365. The molecule has 1 aromatic heterocycles. The van der Waals surface area contributed by atoms with Crippen LogP contribution in [-0.4, -0.2) is 16.0 Å². The standard InChI is InChI=1S/C15H21N3O2/c1-9(2)4-5-10(3)16-11-6-7-12-13(8-11)18-15(20)14(19)17-12/h6-10,16H,4-5H2,1-3H3,(H,17,19)(H,18,20). The molecule has 3 N–H and O–H groups in total. The lowest BCUT2D eigenvalue weighted by atomic mass is 10.0. The number of benzene rings is 1. The van der Waals surface area contributed by atoms with Crippen LogP contribution in [0.5, 0.6) is 0 Å². The highest BCUT2D eigenvalue weighted by molar-refractivity contribution is 5.78. The Hall–Kier alpha value is -2.04. The maximum atomic E-state index is 11.3. The van der Waals surface area contributed by atoms with Gasteiger partial charge in [-0.3, -0.25) is 9.59 Å². The Labute approximate surface area is 117 Å². The van der Waals surface area contributed by atoms with Gasteiger partial charge in [0, 0.05) is 11.7 Å². The fourth-order valence-electron chi connectivity index (χ4n) is 2.14. The van der Waals surface area contributed by atoms with Gasteiger partial charge in [0.2, 0.25) is 0 Å². The summed E-state index contributed by atoms with van der Waals surface area (Å²) < 4.78 is 0. The highest BCUT2D eigenvalue weighted by Gasteiger charge is 2.05. The molecule has 5 heteroatoms. The van der Waals surface area contributed by atoms with E-state index in [1.54, 1.807) is 6.07 Å². The molecule has 1 atom stereocenters. The molecule has 5 nitrogen and oxygen atoms in total. The van der Waals surface area contributed by atoms with Gasteiger partial charge in [0.15, 0.2) is 0 Å². The first-order chi connectivity index (χ1) is 9.45. The molecule has 0 saturated heterocycles. The zero-order chi connectivity index (χ0) is 14.7. The van der Waals surface area contributed by atoms with E-state index in [1.165, 1.54) is 6.42 Å². The van der Waals surface area contributed by atoms with Crippen LogP contribution in [0.1, 0.15) is 33.6 Å². The minimum Gasteiger partial charge on any atom is -0.383 e. The van der Waals surface area contributed by atoms with Crippen molar-refractivity contribution in [2.45, 2.75) is 39.7 Å². The summed E-state index contributed by atoms with van der Waals surface area (Å²) in [7, 11) is 0. The Morgan fingerprint density at radius 3 is 2.30 bits per heavy atom. The van der Waals surface area contributed by atoms with Crippen molar-refractivity contribution in [3.05, 3.63) is 38.9 Å². The van der Waals surface area contributed by atoms with Crippen LogP contribution in [0.2, 0.25) is 0 Å². The smallest absolute Gasteiger partial charge is 0.314 e. The molecule has 1 aromatic carbocycles. The highest BCUT2D eigenvalue weighted by atomic mass is 16.2. The van der Waals surface area contributed by atoms with E-state index in [0.717, 1.165) is 12.1 Å². The molecular formula is C15H21N3O2. The molecule has 0 fully saturated rings. The number of fused-ring (bicyclic) bond motifs is 1. The lowest BCUT2D eigenvalue weighted by Gasteiger charge is -2.16. The average Bonchev–Trinajstić information content (AvgIpc) is 2.38. The van der Waals surface area contributed by atoms with E-state index >= 15 is 0 Å². The summed E-state index contributed by atoms with van der Waals surface area (Å²) in [5, 5.41) is 3.41. The summed E-state index contributed by atoms with van der Waals surface area (Å²) in [6.45, 7) is 6.57. The van der Waals surface area contributed by atoms with Crippen molar-refractivity contribution in [1.82, 2.24) is 9.97 Å². The molecule has 0 radical (unpaired) electrons. The molecule has 0 amide bonds. The number of nitrogens with one attached hydrogen (secondary N) is 3. The monoisotopic (exact) mass is 275 g/mol. The quantitative estimate of drug-likeness (QED) is 0.733. The molecule has 2 aromatic rings. The molecule has 2 rings (SSSR count). The van der Waals surface area contributed by atoms with E-state index in [9.17, 15) is 9.59 Å². The fraction of sp³-hybridized carbons (Fsp3) is 0.467. The third kappa shape index (κ3) is 3.50. The lowest BCUT2D eigenvalue weighted by molar-refractivity contribution is 0.528. The van der Waals surface area contributed by atoms with E-state index in [1.807, 2.05) is 12.1 Å². The third-order valence-electron chi connectivity index (χ3n) is 3.31. The topological polar surface area (TPSA) is 77.8 Å². The molecule has 1 heterocycles. The first-order valence-electron chi connectivity index (χ1n) is 6.98. The Balaban J connectivity index is 2.17. The van der Waals surface area contributed by atoms with Crippen LogP contribution in [0.15, 0.2) is 27.8 Å². The molecule has 0 aliphatic rings. The van der Waals surface area contributed by atoms with E-state index < -0.39 is 11.1 Å². The average molecular weight is 275 g/mol. The number of hydrogen-bond donors (Lipinski definition) is 3. The molecule has 0 bridgehead atoms. The third-order valence-corrected chi connectivity index (χ3v) is 3.31. The van der Waals surface area contributed by atoms with Crippen molar-refractivity contribution in [3.8, 4) is 0 Å². The summed E-state index contributed by atoms with van der Waals surface area (Å²) in [6.07, 6.45) is 2.27. The molecular weight excluding hydrogens is 254 g/mol. The second-order valence-corrected chi connectivity index (χ2v) is 5.69.